The molecule has 1 aliphatic heterocycles. The molecule has 18 heavy (non-hydrogen) atoms. The zero-order valence-corrected chi connectivity index (χ0v) is 10.4. The van der Waals surface area contributed by atoms with Gasteiger partial charge in [0.05, 0.1) is 31.1 Å². The van der Waals surface area contributed by atoms with Crippen molar-refractivity contribution in [3.05, 3.63) is 24.0 Å². The number of hydrogen-bond donors (Lipinski definition) is 2. The Morgan fingerprint density at radius 2 is 2.50 bits per heavy atom. The molecule has 6 nitrogen and oxygen atoms in total. The molecule has 1 aromatic rings. The molecular formula is C12H18N4O2. The van der Waals surface area contributed by atoms with E-state index in [-0.39, 0.29) is 5.84 Å². The number of anilines is 1. The summed E-state index contributed by atoms with van der Waals surface area (Å²) >= 11 is 0. The molecule has 1 unspecified atom stereocenters. The van der Waals surface area contributed by atoms with Crippen molar-refractivity contribution in [3.63, 3.8) is 0 Å². The Kier molecular flexibility index (Phi) is 3.99. The Hall–Kier alpha value is -1.82. The monoisotopic (exact) mass is 250 g/mol. The average molecular weight is 250 g/mol. The number of ether oxygens (including phenoxy) is 1. The van der Waals surface area contributed by atoms with Crippen LogP contribution >= 0.6 is 0 Å². The van der Waals surface area contributed by atoms with Crippen LogP contribution in [0.1, 0.15) is 19.0 Å². The van der Waals surface area contributed by atoms with Gasteiger partial charge in [0.2, 0.25) is 0 Å². The molecule has 1 atom stereocenters. The van der Waals surface area contributed by atoms with Crippen LogP contribution in [0.4, 0.5) is 5.69 Å². The van der Waals surface area contributed by atoms with Crippen molar-refractivity contribution in [1.29, 1.82) is 0 Å². The molecule has 1 fully saturated rings. The molecule has 0 amide bonds. The summed E-state index contributed by atoms with van der Waals surface area (Å²) in [4.78, 5) is 6.48. The van der Waals surface area contributed by atoms with Gasteiger partial charge in [-0.3, -0.25) is 4.98 Å². The van der Waals surface area contributed by atoms with Crippen LogP contribution in [0.3, 0.4) is 0 Å². The van der Waals surface area contributed by atoms with Crippen LogP contribution in [0, 0.1) is 0 Å². The zero-order valence-electron chi connectivity index (χ0n) is 10.4. The number of pyridine rings is 1. The second-order valence-electron chi connectivity index (χ2n) is 4.22. The van der Waals surface area contributed by atoms with Gasteiger partial charge in [0.1, 0.15) is 5.69 Å². The normalized spacial score (nSPS) is 21.1. The molecule has 0 saturated carbocycles. The smallest absolute Gasteiger partial charge is 0.188 e. The van der Waals surface area contributed by atoms with Crippen LogP contribution in [0.2, 0.25) is 0 Å². The molecule has 2 heterocycles. The highest BCUT2D eigenvalue weighted by atomic mass is 16.5. The third-order valence-corrected chi connectivity index (χ3v) is 3.15. The number of oxime groups is 1. The molecule has 0 radical (unpaired) electrons. The molecule has 1 aliphatic rings. The van der Waals surface area contributed by atoms with Gasteiger partial charge in [-0.05, 0) is 18.6 Å². The lowest BCUT2D eigenvalue weighted by Gasteiger charge is -2.36. The lowest BCUT2D eigenvalue weighted by molar-refractivity contribution is 0.0929. The quantitative estimate of drug-likeness (QED) is 0.358. The maximum atomic E-state index is 8.58. The van der Waals surface area contributed by atoms with E-state index >= 15 is 0 Å². The molecule has 3 N–H and O–H groups in total. The third kappa shape index (κ3) is 2.53. The summed E-state index contributed by atoms with van der Waals surface area (Å²) in [5.74, 6) is 0.0237. The fourth-order valence-corrected chi connectivity index (χ4v) is 2.09. The van der Waals surface area contributed by atoms with Crippen molar-refractivity contribution in [2.45, 2.75) is 19.4 Å². The number of hydrogen-bond acceptors (Lipinski definition) is 5. The largest absolute Gasteiger partial charge is 0.409 e. The van der Waals surface area contributed by atoms with E-state index in [9.17, 15) is 0 Å². The highest BCUT2D eigenvalue weighted by Gasteiger charge is 2.21. The Bertz CT molecular complexity index is 419. The fourth-order valence-electron chi connectivity index (χ4n) is 2.09. The van der Waals surface area contributed by atoms with Gasteiger partial charge in [-0.25, -0.2) is 0 Å². The van der Waals surface area contributed by atoms with Gasteiger partial charge in [0.15, 0.2) is 5.84 Å². The number of aromatic nitrogens is 1. The molecular weight excluding hydrogens is 232 g/mol. The summed E-state index contributed by atoms with van der Waals surface area (Å²) in [6.07, 6.45) is 2.78. The third-order valence-electron chi connectivity index (χ3n) is 3.15. The van der Waals surface area contributed by atoms with Crippen molar-refractivity contribution in [3.8, 4) is 0 Å². The maximum absolute atomic E-state index is 8.58. The van der Waals surface area contributed by atoms with Crippen molar-refractivity contribution in [2.24, 2.45) is 10.9 Å². The van der Waals surface area contributed by atoms with Crippen molar-refractivity contribution in [1.82, 2.24) is 4.98 Å². The zero-order chi connectivity index (χ0) is 13.0. The number of nitrogens with zero attached hydrogens (tertiary/aromatic N) is 3. The van der Waals surface area contributed by atoms with Gasteiger partial charge < -0.3 is 20.6 Å². The molecule has 1 aromatic heterocycles. The van der Waals surface area contributed by atoms with Crippen LogP contribution in [0.5, 0.6) is 0 Å². The Labute approximate surface area is 106 Å². The Morgan fingerprint density at radius 3 is 3.11 bits per heavy atom. The molecule has 0 spiro atoms. The molecule has 6 heteroatoms. The first kappa shape index (κ1) is 12.6. The second-order valence-corrected chi connectivity index (χ2v) is 4.22. The van der Waals surface area contributed by atoms with Gasteiger partial charge >= 0.3 is 0 Å². The van der Waals surface area contributed by atoms with Crippen LogP contribution in [-0.2, 0) is 4.74 Å². The summed E-state index contributed by atoms with van der Waals surface area (Å²) in [5, 5.41) is 11.5. The summed E-state index contributed by atoms with van der Waals surface area (Å²) in [6, 6.07) is 4.08. The van der Waals surface area contributed by atoms with E-state index in [4.69, 9.17) is 15.7 Å². The number of morpholine rings is 1. The molecule has 0 aromatic carbocycles. The molecule has 1 saturated heterocycles. The van der Waals surface area contributed by atoms with Gasteiger partial charge in [-0.15, -0.1) is 0 Å². The van der Waals surface area contributed by atoms with Crippen LogP contribution in [0.25, 0.3) is 0 Å². The predicted octanol–water partition coefficient (Wildman–Crippen LogP) is 0.791. The standard InChI is InChI=1S/C12H18N4O2/c1-2-9-8-18-6-5-16(9)10-3-4-11(14-7-10)12(13)15-17/h3-4,7,9,17H,2,5-6,8H2,1H3,(H2,13,15). The van der Waals surface area contributed by atoms with Crippen LogP contribution in [-0.4, -0.2) is 41.8 Å². The van der Waals surface area contributed by atoms with Crippen LogP contribution in [0.15, 0.2) is 23.5 Å². The van der Waals surface area contributed by atoms with E-state index in [1.807, 2.05) is 6.07 Å². The summed E-state index contributed by atoms with van der Waals surface area (Å²) < 4.78 is 5.47. The fraction of sp³-hybridized carbons (Fsp3) is 0.500. The molecule has 0 bridgehead atoms. The lowest BCUT2D eigenvalue weighted by Crippen LogP contribution is -2.45. The average Bonchev–Trinajstić information content (AvgIpc) is 2.46. The van der Waals surface area contributed by atoms with E-state index in [0.717, 1.165) is 31.9 Å². The van der Waals surface area contributed by atoms with E-state index in [2.05, 4.69) is 22.0 Å². The second kappa shape index (κ2) is 5.68. The Balaban J connectivity index is 2.17. The minimum Gasteiger partial charge on any atom is -0.409 e. The summed E-state index contributed by atoms with van der Waals surface area (Å²) in [6.45, 7) is 4.49. The first-order chi connectivity index (χ1) is 8.76. The Morgan fingerprint density at radius 1 is 1.67 bits per heavy atom. The molecule has 2 rings (SSSR count). The summed E-state index contributed by atoms with van der Waals surface area (Å²) in [5.41, 5.74) is 7.00. The summed E-state index contributed by atoms with van der Waals surface area (Å²) in [7, 11) is 0. The minimum absolute atomic E-state index is 0.0237. The van der Waals surface area contributed by atoms with E-state index in [1.165, 1.54) is 0 Å². The van der Waals surface area contributed by atoms with E-state index in [1.54, 1.807) is 12.3 Å². The molecule has 98 valence electrons. The van der Waals surface area contributed by atoms with E-state index in [0.29, 0.717) is 11.7 Å². The number of nitrogens with two attached hydrogens (primary N) is 1. The topological polar surface area (TPSA) is 84.0 Å². The lowest BCUT2D eigenvalue weighted by atomic mass is 10.1. The van der Waals surface area contributed by atoms with Gasteiger partial charge in [-0.1, -0.05) is 12.1 Å². The SMILES string of the molecule is CCC1COCCN1c1ccc(/C(N)=N/O)nc1. The highest BCUT2D eigenvalue weighted by molar-refractivity contribution is 5.95. The van der Waals surface area contributed by atoms with Gasteiger partial charge in [-0.2, -0.15) is 0 Å². The predicted molar refractivity (Wildman–Crippen MR) is 69.0 cm³/mol. The first-order valence-electron chi connectivity index (χ1n) is 6.04. The minimum atomic E-state index is 0.0237. The first-order valence-corrected chi connectivity index (χ1v) is 6.04. The van der Waals surface area contributed by atoms with Crippen LogP contribution < -0.4 is 10.6 Å². The molecule has 0 aliphatic carbocycles. The van der Waals surface area contributed by atoms with Crippen molar-refractivity contribution in [2.75, 3.05) is 24.7 Å². The number of rotatable bonds is 3. The van der Waals surface area contributed by atoms with Crippen molar-refractivity contribution >= 4 is 11.5 Å². The van der Waals surface area contributed by atoms with Gasteiger partial charge in [0.25, 0.3) is 0 Å². The van der Waals surface area contributed by atoms with Crippen molar-refractivity contribution < 1.29 is 9.94 Å². The van der Waals surface area contributed by atoms with Gasteiger partial charge in [0, 0.05) is 6.54 Å². The van der Waals surface area contributed by atoms with E-state index < -0.39 is 0 Å². The highest BCUT2D eigenvalue weighted by Crippen LogP contribution is 2.20. The number of amidine groups is 1. The maximum Gasteiger partial charge on any atom is 0.188 e.